The van der Waals surface area contributed by atoms with Crippen LogP contribution >= 0.6 is 22.6 Å². The molecular formula is C12H13IN2O. The number of halogens is 1. The number of pyridine rings is 2. The van der Waals surface area contributed by atoms with Crippen molar-refractivity contribution in [1.29, 1.82) is 0 Å². The Hall–Kier alpha value is -1.17. The SMILES string of the molecule is CCOc1cccnc1I.c1ccncc1. The molecule has 0 N–H and O–H groups in total. The highest BCUT2D eigenvalue weighted by molar-refractivity contribution is 14.1. The van der Waals surface area contributed by atoms with Crippen LogP contribution in [0.25, 0.3) is 0 Å². The molecule has 0 amide bonds. The molecule has 0 saturated heterocycles. The highest BCUT2D eigenvalue weighted by Gasteiger charge is 1.96. The minimum absolute atomic E-state index is 0.696. The van der Waals surface area contributed by atoms with E-state index >= 15 is 0 Å². The molecule has 0 aliphatic rings. The first kappa shape index (κ1) is 12.9. The minimum Gasteiger partial charge on any atom is -0.491 e. The molecule has 0 fully saturated rings. The van der Waals surface area contributed by atoms with Crippen molar-refractivity contribution in [3.63, 3.8) is 0 Å². The van der Waals surface area contributed by atoms with Gasteiger partial charge in [-0.05, 0) is 53.8 Å². The fourth-order valence-corrected chi connectivity index (χ4v) is 1.44. The van der Waals surface area contributed by atoms with E-state index in [0.717, 1.165) is 9.45 Å². The molecule has 4 heteroatoms. The number of ether oxygens (including phenoxy) is 1. The molecule has 0 aliphatic carbocycles. The third kappa shape index (κ3) is 5.06. The van der Waals surface area contributed by atoms with Gasteiger partial charge in [0.2, 0.25) is 0 Å². The third-order valence-electron chi connectivity index (χ3n) is 1.59. The Morgan fingerprint density at radius 3 is 2.31 bits per heavy atom. The lowest BCUT2D eigenvalue weighted by Gasteiger charge is -2.02. The second-order valence-electron chi connectivity index (χ2n) is 2.75. The highest BCUT2D eigenvalue weighted by Crippen LogP contribution is 2.16. The average Bonchev–Trinajstić information content (AvgIpc) is 2.35. The van der Waals surface area contributed by atoms with Crippen molar-refractivity contribution in [3.05, 3.63) is 52.6 Å². The van der Waals surface area contributed by atoms with Crippen molar-refractivity contribution < 1.29 is 4.74 Å². The van der Waals surface area contributed by atoms with Crippen LogP contribution in [0.2, 0.25) is 0 Å². The molecule has 2 aromatic rings. The molecule has 2 rings (SSSR count). The van der Waals surface area contributed by atoms with Crippen LogP contribution in [0.3, 0.4) is 0 Å². The maximum absolute atomic E-state index is 5.27. The van der Waals surface area contributed by atoms with Crippen LogP contribution in [0.4, 0.5) is 0 Å². The van der Waals surface area contributed by atoms with E-state index in [4.69, 9.17) is 4.74 Å². The van der Waals surface area contributed by atoms with Gasteiger partial charge in [-0.3, -0.25) is 4.98 Å². The predicted molar refractivity (Wildman–Crippen MR) is 72.4 cm³/mol. The topological polar surface area (TPSA) is 35.0 Å². The van der Waals surface area contributed by atoms with Crippen molar-refractivity contribution in [2.24, 2.45) is 0 Å². The monoisotopic (exact) mass is 328 g/mol. The number of hydrogen-bond donors (Lipinski definition) is 0. The Bertz CT molecular complexity index is 369. The Labute approximate surface area is 109 Å². The zero-order chi connectivity index (χ0) is 11.6. The van der Waals surface area contributed by atoms with Gasteiger partial charge in [-0.2, -0.15) is 0 Å². The standard InChI is InChI=1S/C7H8INO.C5H5N/c1-2-10-6-4-3-5-9-7(6)8;1-2-4-6-5-3-1/h3-5H,2H2,1H3;1-5H. The lowest BCUT2D eigenvalue weighted by atomic mass is 10.5. The average molecular weight is 328 g/mol. The molecule has 0 aromatic carbocycles. The van der Waals surface area contributed by atoms with Crippen LogP contribution in [-0.4, -0.2) is 16.6 Å². The van der Waals surface area contributed by atoms with Gasteiger partial charge in [-0.15, -0.1) is 0 Å². The summed E-state index contributed by atoms with van der Waals surface area (Å²) in [5, 5.41) is 0. The van der Waals surface area contributed by atoms with E-state index in [1.807, 2.05) is 37.3 Å². The zero-order valence-corrected chi connectivity index (χ0v) is 11.2. The van der Waals surface area contributed by atoms with Crippen molar-refractivity contribution in [2.75, 3.05) is 6.61 Å². The summed E-state index contributed by atoms with van der Waals surface area (Å²) in [6.07, 6.45) is 5.25. The van der Waals surface area contributed by atoms with E-state index in [2.05, 4.69) is 32.6 Å². The van der Waals surface area contributed by atoms with E-state index in [1.54, 1.807) is 18.6 Å². The van der Waals surface area contributed by atoms with E-state index < -0.39 is 0 Å². The largest absolute Gasteiger partial charge is 0.491 e. The minimum atomic E-state index is 0.696. The van der Waals surface area contributed by atoms with Gasteiger partial charge in [0.05, 0.1) is 6.61 Å². The fourth-order valence-electron chi connectivity index (χ4n) is 0.947. The van der Waals surface area contributed by atoms with Gasteiger partial charge < -0.3 is 4.74 Å². The van der Waals surface area contributed by atoms with Gasteiger partial charge in [0, 0.05) is 18.6 Å². The molecular weight excluding hydrogens is 315 g/mol. The van der Waals surface area contributed by atoms with Crippen LogP contribution in [0.5, 0.6) is 5.75 Å². The molecule has 0 unspecified atom stereocenters. The summed E-state index contributed by atoms with van der Waals surface area (Å²) in [4.78, 5) is 7.84. The van der Waals surface area contributed by atoms with E-state index in [9.17, 15) is 0 Å². The van der Waals surface area contributed by atoms with E-state index in [0.29, 0.717) is 6.61 Å². The first-order valence-corrected chi connectivity index (χ1v) is 6.00. The first-order chi connectivity index (χ1) is 7.84. The Balaban J connectivity index is 0.000000181. The smallest absolute Gasteiger partial charge is 0.151 e. The highest BCUT2D eigenvalue weighted by atomic mass is 127. The summed E-state index contributed by atoms with van der Waals surface area (Å²) in [6, 6.07) is 9.50. The molecule has 0 saturated carbocycles. The third-order valence-corrected chi connectivity index (χ3v) is 2.40. The molecule has 16 heavy (non-hydrogen) atoms. The molecule has 84 valence electrons. The molecule has 2 heterocycles. The van der Waals surface area contributed by atoms with Gasteiger partial charge in [0.25, 0.3) is 0 Å². The molecule has 3 nitrogen and oxygen atoms in total. The van der Waals surface area contributed by atoms with Gasteiger partial charge in [-0.1, -0.05) is 6.07 Å². The van der Waals surface area contributed by atoms with E-state index in [1.165, 1.54) is 0 Å². The van der Waals surface area contributed by atoms with Crippen LogP contribution < -0.4 is 4.74 Å². The maximum atomic E-state index is 5.27. The number of rotatable bonds is 2. The summed E-state index contributed by atoms with van der Waals surface area (Å²) >= 11 is 2.15. The summed E-state index contributed by atoms with van der Waals surface area (Å²) in [5.74, 6) is 0.866. The quantitative estimate of drug-likeness (QED) is 0.627. The molecule has 0 aliphatic heterocycles. The van der Waals surface area contributed by atoms with Crippen LogP contribution in [-0.2, 0) is 0 Å². The van der Waals surface area contributed by atoms with Gasteiger partial charge >= 0.3 is 0 Å². The van der Waals surface area contributed by atoms with Crippen molar-refractivity contribution in [3.8, 4) is 5.75 Å². The summed E-state index contributed by atoms with van der Waals surface area (Å²) in [7, 11) is 0. The summed E-state index contributed by atoms with van der Waals surface area (Å²) in [6.45, 7) is 2.66. The molecule has 0 radical (unpaired) electrons. The van der Waals surface area contributed by atoms with Gasteiger partial charge in [0.15, 0.2) is 5.75 Å². The molecule has 0 bridgehead atoms. The van der Waals surface area contributed by atoms with Crippen molar-refractivity contribution in [2.45, 2.75) is 6.92 Å². The predicted octanol–water partition coefficient (Wildman–Crippen LogP) is 3.17. The molecule has 2 aromatic heterocycles. The Kier molecular flexibility index (Phi) is 6.48. The normalized spacial score (nSPS) is 8.88. The van der Waals surface area contributed by atoms with Crippen LogP contribution in [0, 0.1) is 3.70 Å². The van der Waals surface area contributed by atoms with Crippen molar-refractivity contribution >= 4 is 22.6 Å². The van der Waals surface area contributed by atoms with Crippen LogP contribution in [0.1, 0.15) is 6.92 Å². The Morgan fingerprint density at radius 2 is 1.88 bits per heavy atom. The fraction of sp³-hybridized carbons (Fsp3) is 0.167. The summed E-state index contributed by atoms with van der Waals surface area (Å²) in [5.41, 5.74) is 0. The lowest BCUT2D eigenvalue weighted by Crippen LogP contribution is -1.94. The maximum Gasteiger partial charge on any atom is 0.151 e. The number of hydrogen-bond acceptors (Lipinski definition) is 3. The number of nitrogens with zero attached hydrogens (tertiary/aromatic N) is 2. The Morgan fingerprint density at radius 1 is 1.12 bits per heavy atom. The van der Waals surface area contributed by atoms with E-state index in [-0.39, 0.29) is 0 Å². The summed E-state index contributed by atoms with van der Waals surface area (Å²) < 4.78 is 6.19. The number of aromatic nitrogens is 2. The van der Waals surface area contributed by atoms with Crippen LogP contribution in [0.15, 0.2) is 48.9 Å². The second kappa shape index (κ2) is 8.04. The second-order valence-corrected chi connectivity index (χ2v) is 3.77. The zero-order valence-electron chi connectivity index (χ0n) is 9.01. The molecule has 0 atom stereocenters. The lowest BCUT2D eigenvalue weighted by molar-refractivity contribution is 0.336. The van der Waals surface area contributed by atoms with Gasteiger partial charge in [-0.25, -0.2) is 4.98 Å². The van der Waals surface area contributed by atoms with Crippen molar-refractivity contribution in [1.82, 2.24) is 9.97 Å². The molecule has 0 spiro atoms. The van der Waals surface area contributed by atoms with Gasteiger partial charge in [0.1, 0.15) is 3.70 Å². The first-order valence-electron chi connectivity index (χ1n) is 4.93.